The number of amides is 1. The Labute approximate surface area is 156 Å². The van der Waals surface area contributed by atoms with Gasteiger partial charge in [0, 0.05) is 31.9 Å². The van der Waals surface area contributed by atoms with Crippen LogP contribution in [0.25, 0.3) is 0 Å². The quantitative estimate of drug-likeness (QED) is 0.569. The van der Waals surface area contributed by atoms with E-state index in [0.29, 0.717) is 17.0 Å². The third-order valence-electron chi connectivity index (χ3n) is 3.68. The van der Waals surface area contributed by atoms with Crippen LogP contribution in [0.3, 0.4) is 0 Å². The molecule has 2 rings (SSSR count). The fraction of sp³-hybridized carbons (Fsp3) is 0.235. The van der Waals surface area contributed by atoms with Crippen molar-refractivity contribution >= 4 is 27.3 Å². The average molecular weight is 393 g/mol. The lowest BCUT2D eigenvalue weighted by atomic mass is 10.2. The van der Waals surface area contributed by atoms with E-state index in [2.05, 4.69) is 5.32 Å². The number of nitro benzene ring substituents is 1. The number of sulfonamides is 1. The molecule has 0 radical (unpaired) electrons. The second-order valence-corrected chi connectivity index (χ2v) is 8.00. The number of nitrogens with one attached hydrogen (secondary N) is 1. The molecular weight excluding hydrogens is 374 g/mol. The molecule has 0 saturated carbocycles. The lowest BCUT2D eigenvalue weighted by molar-refractivity contribution is -0.384. The second kappa shape index (κ2) is 8.14. The van der Waals surface area contributed by atoms with Gasteiger partial charge in [-0.25, -0.2) is 12.7 Å². The molecule has 0 saturated heterocycles. The Kier molecular flexibility index (Phi) is 6.13. The van der Waals surface area contributed by atoms with Crippen molar-refractivity contribution in [3.8, 4) is 5.75 Å². The fourth-order valence-corrected chi connectivity index (χ4v) is 3.03. The van der Waals surface area contributed by atoms with Crippen LogP contribution in [0.4, 0.5) is 11.4 Å². The Balaban J connectivity index is 2.06. The van der Waals surface area contributed by atoms with E-state index >= 15 is 0 Å². The molecule has 0 aromatic heterocycles. The molecule has 0 aliphatic carbocycles. The molecule has 0 aliphatic heterocycles. The number of anilines is 1. The first kappa shape index (κ1) is 20.3. The maximum Gasteiger partial charge on any atom is 0.269 e. The maximum absolute atomic E-state index is 12.2. The number of benzene rings is 2. The molecule has 0 bridgehead atoms. The number of ether oxygens (including phenoxy) is 1. The molecule has 2 aromatic rings. The van der Waals surface area contributed by atoms with Gasteiger partial charge in [0.05, 0.1) is 9.82 Å². The smallest absolute Gasteiger partial charge is 0.269 e. The van der Waals surface area contributed by atoms with Crippen molar-refractivity contribution in [3.63, 3.8) is 0 Å². The van der Waals surface area contributed by atoms with Gasteiger partial charge in [0.1, 0.15) is 5.75 Å². The zero-order valence-electron chi connectivity index (χ0n) is 15.0. The highest BCUT2D eigenvalue weighted by Gasteiger charge is 2.18. The lowest BCUT2D eigenvalue weighted by Gasteiger charge is -2.14. The van der Waals surface area contributed by atoms with Gasteiger partial charge < -0.3 is 10.1 Å². The van der Waals surface area contributed by atoms with Crippen LogP contribution >= 0.6 is 0 Å². The molecule has 1 N–H and O–H groups in total. The van der Waals surface area contributed by atoms with Crippen LogP contribution in [0.2, 0.25) is 0 Å². The van der Waals surface area contributed by atoms with Crippen LogP contribution in [0.15, 0.2) is 47.4 Å². The Hall–Kier alpha value is -2.98. The standard InChI is InChI=1S/C17H19N3O6S/c1-12-4-9-15(27(24,25)19(2)3)10-16(12)18-17(21)11-26-14-7-5-13(6-8-14)20(22)23/h4-10H,11H2,1-3H3,(H,18,21). The Morgan fingerprint density at radius 1 is 1.19 bits per heavy atom. The Morgan fingerprint density at radius 3 is 2.37 bits per heavy atom. The van der Waals surface area contributed by atoms with E-state index in [1.807, 2.05) is 0 Å². The van der Waals surface area contributed by atoms with E-state index < -0.39 is 20.9 Å². The van der Waals surface area contributed by atoms with E-state index in [0.717, 1.165) is 4.31 Å². The number of nitrogens with zero attached hydrogens (tertiary/aromatic N) is 2. The van der Waals surface area contributed by atoms with Gasteiger partial charge in [-0.3, -0.25) is 14.9 Å². The summed E-state index contributed by atoms with van der Waals surface area (Å²) in [6, 6.07) is 9.77. The van der Waals surface area contributed by atoms with E-state index in [-0.39, 0.29) is 17.2 Å². The summed E-state index contributed by atoms with van der Waals surface area (Å²) in [4.78, 5) is 22.2. The number of nitro groups is 1. The van der Waals surface area contributed by atoms with Gasteiger partial charge in [0.15, 0.2) is 6.61 Å². The van der Waals surface area contributed by atoms with Gasteiger partial charge in [0.2, 0.25) is 10.0 Å². The van der Waals surface area contributed by atoms with Gasteiger partial charge >= 0.3 is 0 Å². The van der Waals surface area contributed by atoms with E-state index in [9.17, 15) is 23.3 Å². The zero-order valence-corrected chi connectivity index (χ0v) is 15.8. The first-order chi connectivity index (χ1) is 12.6. The second-order valence-electron chi connectivity index (χ2n) is 5.85. The molecule has 9 nitrogen and oxygen atoms in total. The van der Waals surface area contributed by atoms with Crippen molar-refractivity contribution in [3.05, 3.63) is 58.1 Å². The van der Waals surface area contributed by atoms with E-state index in [1.54, 1.807) is 13.0 Å². The third kappa shape index (κ3) is 5.02. The number of non-ortho nitro benzene ring substituents is 1. The number of hydrogen-bond donors (Lipinski definition) is 1. The van der Waals surface area contributed by atoms with Gasteiger partial charge in [-0.15, -0.1) is 0 Å². The highest BCUT2D eigenvalue weighted by atomic mass is 32.2. The van der Waals surface area contributed by atoms with Gasteiger partial charge in [-0.05, 0) is 36.8 Å². The first-order valence-corrected chi connectivity index (χ1v) is 9.25. The summed E-state index contributed by atoms with van der Waals surface area (Å²) in [6.45, 7) is 1.40. The number of rotatable bonds is 7. The normalized spacial score (nSPS) is 11.3. The fourth-order valence-electron chi connectivity index (χ4n) is 2.11. The van der Waals surface area contributed by atoms with Crippen molar-refractivity contribution in [1.82, 2.24) is 4.31 Å². The number of carbonyl (C=O) groups excluding carboxylic acids is 1. The predicted molar refractivity (Wildman–Crippen MR) is 99.3 cm³/mol. The van der Waals surface area contributed by atoms with Crippen LogP contribution in [-0.2, 0) is 14.8 Å². The summed E-state index contributed by atoms with van der Waals surface area (Å²) in [5.41, 5.74) is 0.966. The molecule has 0 heterocycles. The summed E-state index contributed by atoms with van der Waals surface area (Å²) >= 11 is 0. The average Bonchev–Trinajstić information content (AvgIpc) is 2.61. The minimum atomic E-state index is -3.62. The zero-order chi connectivity index (χ0) is 20.2. The molecule has 0 fully saturated rings. The van der Waals surface area contributed by atoms with Crippen molar-refractivity contribution in [2.24, 2.45) is 0 Å². The molecule has 0 unspecified atom stereocenters. The van der Waals surface area contributed by atoms with Crippen LogP contribution < -0.4 is 10.1 Å². The van der Waals surface area contributed by atoms with Crippen molar-refractivity contribution in [2.75, 3.05) is 26.0 Å². The minimum Gasteiger partial charge on any atom is -0.484 e. The van der Waals surface area contributed by atoms with Gasteiger partial charge in [0.25, 0.3) is 11.6 Å². The summed E-state index contributed by atoms with van der Waals surface area (Å²) in [5.74, 6) is -0.188. The van der Waals surface area contributed by atoms with Crippen molar-refractivity contribution in [2.45, 2.75) is 11.8 Å². The van der Waals surface area contributed by atoms with Gasteiger partial charge in [-0.1, -0.05) is 6.07 Å². The molecule has 27 heavy (non-hydrogen) atoms. The van der Waals surface area contributed by atoms with Crippen LogP contribution in [0.5, 0.6) is 5.75 Å². The molecule has 144 valence electrons. The highest BCUT2D eigenvalue weighted by Crippen LogP contribution is 2.22. The number of aryl methyl sites for hydroxylation is 1. The summed E-state index contributed by atoms with van der Waals surface area (Å²) in [5, 5.41) is 13.2. The van der Waals surface area contributed by atoms with Crippen LogP contribution in [0, 0.1) is 17.0 Å². The monoisotopic (exact) mass is 393 g/mol. The minimum absolute atomic E-state index is 0.0599. The first-order valence-electron chi connectivity index (χ1n) is 7.81. The molecule has 1 amide bonds. The number of hydrogen-bond acceptors (Lipinski definition) is 6. The maximum atomic E-state index is 12.2. The number of carbonyl (C=O) groups is 1. The molecule has 0 spiro atoms. The summed E-state index contributed by atoms with van der Waals surface area (Å²) in [6.07, 6.45) is 0. The van der Waals surface area contributed by atoms with E-state index in [1.165, 1.54) is 50.5 Å². The van der Waals surface area contributed by atoms with Crippen molar-refractivity contribution < 1.29 is 22.9 Å². The van der Waals surface area contributed by atoms with Crippen molar-refractivity contribution in [1.29, 1.82) is 0 Å². The van der Waals surface area contributed by atoms with Crippen LogP contribution in [-0.4, -0.2) is 44.3 Å². The van der Waals surface area contributed by atoms with E-state index in [4.69, 9.17) is 4.74 Å². The van der Waals surface area contributed by atoms with Crippen LogP contribution in [0.1, 0.15) is 5.56 Å². The Bertz CT molecular complexity index is 955. The lowest BCUT2D eigenvalue weighted by Crippen LogP contribution is -2.23. The SMILES string of the molecule is Cc1ccc(S(=O)(=O)N(C)C)cc1NC(=O)COc1ccc([N+](=O)[O-])cc1. The Morgan fingerprint density at radius 2 is 1.81 bits per heavy atom. The molecule has 2 aromatic carbocycles. The topological polar surface area (TPSA) is 119 Å². The third-order valence-corrected chi connectivity index (χ3v) is 5.49. The largest absolute Gasteiger partial charge is 0.484 e. The molecular formula is C17H19N3O6S. The summed E-state index contributed by atoms with van der Waals surface area (Å²) in [7, 11) is -0.778. The predicted octanol–water partition coefficient (Wildman–Crippen LogP) is 2.17. The summed E-state index contributed by atoms with van der Waals surface area (Å²) < 4.78 is 30.8. The highest BCUT2D eigenvalue weighted by molar-refractivity contribution is 7.89. The molecule has 0 atom stereocenters. The molecule has 0 aliphatic rings. The molecule has 10 heteroatoms. The van der Waals surface area contributed by atoms with Gasteiger partial charge in [-0.2, -0.15) is 0 Å².